The zero-order valence-electron chi connectivity index (χ0n) is 14.2. The number of aromatic nitrogens is 2. The molecule has 0 aliphatic carbocycles. The van der Waals surface area contributed by atoms with Crippen LogP contribution < -0.4 is 0 Å². The van der Waals surface area contributed by atoms with Crippen molar-refractivity contribution >= 4 is 11.0 Å². The number of rotatable bonds is 3. The Hall–Kier alpha value is -2.34. The standard InChI is InChI=1S/C19H19F3N2O/c1-11-4-6-15(12(2)8-11)18-23-16-9-14(19(20,21)22)5-7-17(16)24(18)10-13(3)25/h4-9,13,25H,10H2,1-3H3. The maximum absolute atomic E-state index is 13.0. The summed E-state index contributed by atoms with van der Waals surface area (Å²) in [6.07, 6.45) is -5.06. The fourth-order valence-corrected chi connectivity index (χ4v) is 3.03. The minimum absolute atomic E-state index is 0.254. The van der Waals surface area contributed by atoms with E-state index in [1.807, 2.05) is 32.0 Å². The van der Waals surface area contributed by atoms with Gasteiger partial charge in [-0.1, -0.05) is 23.8 Å². The first-order valence-electron chi connectivity index (χ1n) is 8.00. The van der Waals surface area contributed by atoms with Crippen molar-refractivity contribution in [2.24, 2.45) is 0 Å². The minimum atomic E-state index is -4.41. The van der Waals surface area contributed by atoms with Crippen molar-refractivity contribution in [3.8, 4) is 11.4 Å². The largest absolute Gasteiger partial charge is 0.416 e. The number of nitrogens with zero attached hydrogens (tertiary/aromatic N) is 2. The van der Waals surface area contributed by atoms with Gasteiger partial charge in [-0.15, -0.1) is 0 Å². The monoisotopic (exact) mass is 348 g/mol. The highest BCUT2D eigenvalue weighted by Crippen LogP contribution is 2.33. The molecule has 3 nitrogen and oxygen atoms in total. The van der Waals surface area contributed by atoms with Crippen LogP contribution in [0.15, 0.2) is 36.4 Å². The van der Waals surface area contributed by atoms with E-state index in [-0.39, 0.29) is 12.1 Å². The van der Waals surface area contributed by atoms with Crippen LogP contribution in [0, 0.1) is 13.8 Å². The number of benzene rings is 2. The van der Waals surface area contributed by atoms with E-state index in [0.717, 1.165) is 28.8 Å². The second kappa shape index (κ2) is 6.19. The molecule has 0 aliphatic heterocycles. The minimum Gasteiger partial charge on any atom is -0.392 e. The number of hydrogen-bond donors (Lipinski definition) is 1. The third-order valence-electron chi connectivity index (χ3n) is 4.15. The molecular weight excluding hydrogens is 329 g/mol. The van der Waals surface area contributed by atoms with Crippen molar-refractivity contribution in [2.45, 2.75) is 39.6 Å². The third-order valence-corrected chi connectivity index (χ3v) is 4.15. The van der Waals surface area contributed by atoms with Gasteiger partial charge < -0.3 is 9.67 Å². The van der Waals surface area contributed by atoms with Crippen LogP contribution in [0.4, 0.5) is 13.2 Å². The average Bonchev–Trinajstić information content (AvgIpc) is 2.83. The molecule has 3 aromatic rings. The van der Waals surface area contributed by atoms with Gasteiger partial charge in [-0.05, 0) is 44.5 Å². The molecule has 1 N–H and O–H groups in total. The Morgan fingerprint density at radius 1 is 1.12 bits per heavy atom. The molecule has 25 heavy (non-hydrogen) atoms. The lowest BCUT2D eigenvalue weighted by molar-refractivity contribution is -0.137. The van der Waals surface area contributed by atoms with Crippen molar-refractivity contribution in [1.29, 1.82) is 0 Å². The zero-order chi connectivity index (χ0) is 18.4. The third kappa shape index (κ3) is 3.39. The first-order valence-corrected chi connectivity index (χ1v) is 8.00. The lowest BCUT2D eigenvalue weighted by Crippen LogP contribution is -2.13. The molecule has 0 spiro atoms. The van der Waals surface area contributed by atoms with Gasteiger partial charge in [-0.2, -0.15) is 13.2 Å². The summed E-state index contributed by atoms with van der Waals surface area (Å²) in [5, 5.41) is 9.82. The maximum atomic E-state index is 13.0. The molecule has 3 rings (SSSR count). The van der Waals surface area contributed by atoms with Crippen LogP contribution in [-0.2, 0) is 12.7 Å². The van der Waals surface area contributed by atoms with Crippen LogP contribution in [0.2, 0.25) is 0 Å². The average molecular weight is 348 g/mol. The van der Waals surface area contributed by atoms with Crippen LogP contribution in [0.3, 0.4) is 0 Å². The van der Waals surface area contributed by atoms with Crippen LogP contribution in [-0.4, -0.2) is 20.8 Å². The molecule has 0 saturated heterocycles. The van der Waals surface area contributed by atoms with E-state index in [1.54, 1.807) is 11.5 Å². The van der Waals surface area contributed by atoms with Gasteiger partial charge in [0.2, 0.25) is 0 Å². The predicted molar refractivity (Wildman–Crippen MR) is 91.3 cm³/mol. The number of imidazole rings is 1. The highest BCUT2D eigenvalue weighted by molar-refractivity contribution is 5.82. The van der Waals surface area contributed by atoms with Crippen molar-refractivity contribution < 1.29 is 18.3 Å². The molecule has 0 fully saturated rings. The summed E-state index contributed by atoms with van der Waals surface area (Å²) in [5.41, 5.74) is 3.04. The SMILES string of the molecule is Cc1ccc(-c2nc3cc(C(F)(F)F)ccc3n2CC(C)O)c(C)c1. The maximum Gasteiger partial charge on any atom is 0.416 e. The van der Waals surface area contributed by atoms with Crippen LogP contribution in [0.5, 0.6) is 0 Å². The fraction of sp³-hybridized carbons (Fsp3) is 0.316. The van der Waals surface area contributed by atoms with Gasteiger partial charge >= 0.3 is 6.18 Å². The molecular formula is C19H19F3N2O. The van der Waals surface area contributed by atoms with E-state index < -0.39 is 17.8 Å². The van der Waals surface area contributed by atoms with Crippen molar-refractivity contribution in [3.05, 3.63) is 53.1 Å². The van der Waals surface area contributed by atoms with E-state index in [1.165, 1.54) is 6.07 Å². The molecule has 1 unspecified atom stereocenters. The summed E-state index contributed by atoms with van der Waals surface area (Å²) >= 11 is 0. The van der Waals surface area contributed by atoms with Crippen molar-refractivity contribution in [1.82, 2.24) is 9.55 Å². The molecule has 6 heteroatoms. The Kier molecular flexibility index (Phi) is 4.33. The molecule has 1 aromatic heterocycles. The van der Waals surface area contributed by atoms with Gasteiger partial charge in [0.25, 0.3) is 0 Å². The van der Waals surface area contributed by atoms with Crippen LogP contribution >= 0.6 is 0 Å². The first-order chi connectivity index (χ1) is 11.7. The van der Waals surface area contributed by atoms with Crippen LogP contribution in [0.25, 0.3) is 22.4 Å². The quantitative estimate of drug-likeness (QED) is 0.744. The van der Waals surface area contributed by atoms with Gasteiger partial charge in [0.1, 0.15) is 5.82 Å². The summed E-state index contributed by atoms with van der Waals surface area (Å²) in [6.45, 7) is 5.81. The van der Waals surface area contributed by atoms with E-state index in [4.69, 9.17) is 0 Å². The highest BCUT2D eigenvalue weighted by atomic mass is 19.4. The Balaban J connectivity index is 2.25. The summed E-state index contributed by atoms with van der Waals surface area (Å²) in [4.78, 5) is 4.45. The second-order valence-electron chi connectivity index (χ2n) is 6.41. The van der Waals surface area contributed by atoms with E-state index in [0.29, 0.717) is 11.3 Å². The molecule has 1 atom stereocenters. The van der Waals surface area contributed by atoms with Crippen LogP contribution in [0.1, 0.15) is 23.6 Å². The lowest BCUT2D eigenvalue weighted by atomic mass is 10.1. The number of aliphatic hydroxyl groups is 1. The zero-order valence-corrected chi connectivity index (χ0v) is 14.2. The summed E-state index contributed by atoms with van der Waals surface area (Å²) < 4.78 is 40.7. The predicted octanol–water partition coefficient (Wildman–Crippen LogP) is 4.72. The molecule has 2 aromatic carbocycles. The fourth-order valence-electron chi connectivity index (χ4n) is 3.03. The Morgan fingerprint density at radius 2 is 1.84 bits per heavy atom. The topological polar surface area (TPSA) is 38.0 Å². The van der Waals surface area contributed by atoms with E-state index in [9.17, 15) is 18.3 Å². The van der Waals surface area contributed by atoms with Crippen molar-refractivity contribution in [2.75, 3.05) is 0 Å². The molecule has 0 radical (unpaired) electrons. The molecule has 0 amide bonds. The van der Waals surface area contributed by atoms with Crippen molar-refractivity contribution in [3.63, 3.8) is 0 Å². The summed E-state index contributed by atoms with van der Waals surface area (Å²) in [5.74, 6) is 0.563. The number of aliphatic hydroxyl groups excluding tert-OH is 1. The lowest BCUT2D eigenvalue weighted by Gasteiger charge is -2.13. The summed E-state index contributed by atoms with van der Waals surface area (Å²) in [6, 6.07) is 9.38. The second-order valence-corrected chi connectivity index (χ2v) is 6.41. The highest BCUT2D eigenvalue weighted by Gasteiger charge is 2.31. The summed E-state index contributed by atoms with van der Waals surface area (Å²) in [7, 11) is 0. The number of aryl methyl sites for hydroxylation is 2. The van der Waals surface area contributed by atoms with Gasteiger partial charge in [0.15, 0.2) is 0 Å². The Morgan fingerprint density at radius 3 is 2.44 bits per heavy atom. The number of hydrogen-bond acceptors (Lipinski definition) is 2. The molecule has 0 bridgehead atoms. The molecule has 0 saturated carbocycles. The Labute approximate surface area is 143 Å². The molecule has 0 aliphatic rings. The smallest absolute Gasteiger partial charge is 0.392 e. The number of fused-ring (bicyclic) bond motifs is 1. The van der Waals surface area contributed by atoms with E-state index in [2.05, 4.69) is 4.98 Å². The number of alkyl halides is 3. The first kappa shape index (κ1) is 17.5. The van der Waals surface area contributed by atoms with Gasteiger partial charge in [0, 0.05) is 5.56 Å². The van der Waals surface area contributed by atoms with E-state index >= 15 is 0 Å². The molecule has 1 heterocycles. The normalized spacial score (nSPS) is 13.4. The Bertz CT molecular complexity index is 926. The molecule has 132 valence electrons. The van der Waals surface area contributed by atoms with Gasteiger partial charge in [-0.25, -0.2) is 4.98 Å². The van der Waals surface area contributed by atoms with Gasteiger partial charge in [0.05, 0.1) is 29.2 Å². The number of halogens is 3. The van der Waals surface area contributed by atoms with Gasteiger partial charge in [-0.3, -0.25) is 0 Å².